The summed E-state index contributed by atoms with van der Waals surface area (Å²) in [7, 11) is 0. The van der Waals surface area contributed by atoms with E-state index in [0.29, 0.717) is 16.5 Å². The van der Waals surface area contributed by atoms with Crippen molar-refractivity contribution in [2.24, 2.45) is 0 Å². The van der Waals surface area contributed by atoms with E-state index in [-0.39, 0.29) is 17.0 Å². The predicted molar refractivity (Wildman–Crippen MR) is 174 cm³/mol. The molecule has 0 aliphatic heterocycles. The van der Waals surface area contributed by atoms with Crippen LogP contribution in [0.5, 0.6) is 0 Å². The fourth-order valence-corrected chi connectivity index (χ4v) is 6.45. The Hall–Kier alpha value is -5.08. The van der Waals surface area contributed by atoms with Gasteiger partial charge >= 0.3 is 5.97 Å². The van der Waals surface area contributed by atoms with Crippen LogP contribution in [0.25, 0.3) is 32.6 Å². The maximum atomic E-state index is 13.3. The van der Waals surface area contributed by atoms with Gasteiger partial charge in [0, 0.05) is 55.6 Å². The van der Waals surface area contributed by atoms with Gasteiger partial charge in [0.25, 0.3) is 5.91 Å². The van der Waals surface area contributed by atoms with Crippen LogP contribution in [0.2, 0.25) is 0 Å². The molecule has 0 aliphatic carbocycles. The van der Waals surface area contributed by atoms with Gasteiger partial charge in [-0.05, 0) is 73.8 Å². The SMILES string of the molecule is CCn1c2ccccc2c2cc(NC(=O)C(C)Sc3cccc(NC(=O)c4cccc5cccc(C(=O)O)c45)c3)ccc21. The molecule has 43 heavy (non-hydrogen) atoms. The molecule has 7 nitrogen and oxygen atoms in total. The number of nitrogens with zero attached hydrogens (tertiary/aromatic N) is 1. The summed E-state index contributed by atoms with van der Waals surface area (Å²) in [6.07, 6.45) is 0. The second-order valence-electron chi connectivity index (χ2n) is 10.2. The average Bonchev–Trinajstić information content (AvgIpc) is 3.33. The Bertz CT molecular complexity index is 2040. The number of hydrogen-bond donors (Lipinski definition) is 3. The number of rotatable bonds is 8. The van der Waals surface area contributed by atoms with E-state index in [1.165, 1.54) is 23.3 Å². The zero-order valence-electron chi connectivity index (χ0n) is 23.6. The summed E-state index contributed by atoms with van der Waals surface area (Å²) in [6.45, 7) is 4.82. The van der Waals surface area contributed by atoms with Gasteiger partial charge in [-0.3, -0.25) is 9.59 Å². The van der Waals surface area contributed by atoms with Gasteiger partial charge in [-0.25, -0.2) is 4.79 Å². The first-order valence-corrected chi connectivity index (χ1v) is 14.9. The molecule has 0 fully saturated rings. The molecule has 0 aliphatic rings. The summed E-state index contributed by atoms with van der Waals surface area (Å²) < 4.78 is 2.27. The van der Waals surface area contributed by atoms with Gasteiger partial charge in [-0.1, -0.05) is 48.5 Å². The lowest BCUT2D eigenvalue weighted by molar-refractivity contribution is -0.115. The van der Waals surface area contributed by atoms with Gasteiger partial charge in [0.15, 0.2) is 0 Å². The monoisotopic (exact) mass is 587 g/mol. The van der Waals surface area contributed by atoms with Gasteiger partial charge in [0.2, 0.25) is 5.91 Å². The second-order valence-corrected chi connectivity index (χ2v) is 11.7. The number of aromatic carboxylic acids is 1. The Morgan fingerprint density at radius 1 is 0.767 bits per heavy atom. The van der Waals surface area contributed by atoms with Gasteiger partial charge < -0.3 is 20.3 Å². The minimum atomic E-state index is -1.09. The number of aromatic nitrogens is 1. The number of carbonyl (C=O) groups excluding carboxylic acids is 2. The molecule has 0 bridgehead atoms. The summed E-state index contributed by atoms with van der Waals surface area (Å²) in [6, 6.07) is 31.6. The maximum absolute atomic E-state index is 13.3. The van der Waals surface area contributed by atoms with E-state index < -0.39 is 17.1 Å². The molecule has 1 heterocycles. The van der Waals surface area contributed by atoms with Crippen LogP contribution < -0.4 is 10.6 Å². The van der Waals surface area contributed by atoms with Crippen molar-refractivity contribution in [3.8, 4) is 0 Å². The Balaban J connectivity index is 1.17. The molecule has 0 saturated heterocycles. The first-order valence-electron chi connectivity index (χ1n) is 14.0. The van der Waals surface area contributed by atoms with E-state index in [1.807, 2.05) is 49.4 Å². The van der Waals surface area contributed by atoms with Gasteiger partial charge in [-0.15, -0.1) is 11.8 Å². The molecule has 1 atom stereocenters. The summed E-state index contributed by atoms with van der Waals surface area (Å²) >= 11 is 1.39. The standard InChI is InChI=1S/C35H29N3O4S/c1-3-38-30-16-5-4-13-26(30)29-20-24(17-18-31(29)38)36-33(39)21(2)43-25-12-8-11-23(19-25)37-34(40)27-14-6-9-22-10-7-15-28(32(22)27)35(41)42/h4-21H,3H2,1-2H3,(H,36,39)(H,37,40)(H,41,42). The normalized spacial score (nSPS) is 12.0. The molecule has 8 heteroatoms. The number of fused-ring (bicyclic) bond motifs is 4. The number of amides is 2. The highest BCUT2D eigenvalue weighted by Gasteiger charge is 2.19. The third-order valence-electron chi connectivity index (χ3n) is 7.51. The highest BCUT2D eigenvalue weighted by atomic mass is 32.2. The number of anilines is 2. The molecule has 214 valence electrons. The van der Waals surface area contributed by atoms with Crippen molar-refractivity contribution in [3.05, 3.63) is 114 Å². The molecule has 1 aromatic heterocycles. The predicted octanol–water partition coefficient (Wildman–Crippen LogP) is 8.04. The van der Waals surface area contributed by atoms with Crippen molar-refractivity contribution in [3.63, 3.8) is 0 Å². The highest BCUT2D eigenvalue weighted by Crippen LogP contribution is 2.32. The van der Waals surface area contributed by atoms with Crippen LogP contribution in [0.15, 0.2) is 108 Å². The number of carbonyl (C=O) groups is 3. The molecular formula is C35H29N3O4S. The Morgan fingerprint density at radius 2 is 1.47 bits per heavy atom. The summed E-state index contributed by atoms with van der Waals surface area (Å²) in [5.74, 6) is -1.63. The number of para-hydroxylation sites is 1. The van der Waals surface area contributed by atoms with Gasteiger partial charge in [-0.2, -0.15) is 0 Å². The van der Waals surface area contributed by atoms with E-state index in [2.05, 4.69) is 34.3 Å². The summed E-state index contributed by atoms with van der Waals surface area (Å²) in [5.41, 5.74) is 3.93. The molecular weight excluding hydrogens is 558 g/mol. The summed E-state index contributed by atoms with van der Waals surface area (Å²) in [5, 5.41) is 18.5. The fourth-order valence-electron chi connectivity index (χ4n) is 5.53. The van der Waals surface area contributed by atoms with Crippen molar-refractivity contribution >= 4 is 73.5 Å². The van der Waals surface area contributed by atoms with Gasteiger partial charge in [0.05, 0.1) is 10.8 Å². The van der Waals surface area contributed by atoms with Crippen molar-refractivity contribution < 1.29 is 19.5 Å². The van der Waals surface area contributed by atoms with E-state index >= 15 is 0 Å². The van der Waals surface area contributed by atoms with E-state index in [9.17, 15) is 19.5 Å². The molecule has 6 rings (SSSR count). The largest absolute Gasteiger partial charge is 0.478 e. The lowest BCUT2D eigenvalue weighted by Gasteiger charge is -2.14. The van der Waals surface area contributed by atoms with Crippen LogP contribution in [-0.4, -0.2) is 32.7 Å². The van der Waals surface area contributed by atoms with Crippen LogP contribution in [0.4, 0.5) is 11.4 Å². The van der Waals surface area contributed by atoms with E-state index in [1.54, 1.807) is 42.5 Å². The molecule has 1 unspecified atom stereocenters. The smallest absolute Gasteiger partial charge is 0.336 e. The topological polar surface area (TPSA) is 100 Å². The van der Waals surface area contributed by atoms with Crippen molar-refractivity contribution in [1.82, 2.24) is 4.57 Å². The Labute approximate surface area is 252 Å². The van der Waals surface area contributed by atoms with E-state index in [4.69, 9.17) is 0 Å². The first kappa shape index (κ1) is 28.1. The number of benzene rings is 5. The molecule has 0 spiro atoms. The van der Waals surface area contributed by atoms with Crippen LogP contribution in [-0.2, 0) is 11.3 Å². The van der Waals surface area contributed by atoms with Crippen LogP contribution in [0.1, 0.15) is 34.6 Å². The van der Waals surface area contributed by atoms with Crippen molar-refractivity contribution in [1.29, 1.82) is 0 Å². The lowest BCUT2D eigenvalue weighted by atomic mass is 9.98. The number of nitrogens with one attached hydrogen (secondary N) is 2. The maximum Gasteiger partial charge on any atom is 0.336 e. The number of hydrogen-bond acceptors (Lipinski definition) is 4. The Morgan fingerprint density at radius 3 is 2.23 bits per heavy atom. The van der Waals surface area contributed by atoms with Crippen LogP contribution >= 0.6 is 11.8 Å². The number of aryl methyl sites for hydroxylation is 1. The first-order chi connectivity index (χ1) is 20.8. The zero-order chi connectivity index (χ0) is 30.1. The van der Waals surface area contributed by atoms with E-state index in [0.717, 1.165) is 33.4 Å². The third kappa shape index (κ3) is 5.45. The molecule has 0 radical (unpaired) electrons. The van der Waals surface area contributed by atoms with Crippen molar-refractivity contribution in [2.75, 3.05) is 10.6 Å². The summed E-state index contributed by atoms with van der Waals surface area (Å²) in [4.78, 5) is 39.1. The minimum Gasteiger partial charge on any atom is -0.478 e. The average molecular weight is 588 g/mol. The molecule has 6 aromatic rings. The third-order valence-corrected chi connectivity index (χ3v) is 8.60. The lowest BCUT2D eigenvalue weighted by Crippen LogP contribution is -2.22. The van der Waals surface area contributed by atoms with Gasteiger partial charge in [0.1, 0.15) is 0 Å². The number of carboxylic acids is 1. The second kappa shape index (κ2) is 11.7. The van der Waals surface area contributed by atoms with Crippen molar-refractivity contribution in [2.45, 2.75) is 30.5 Å². The quantitative estimate of drug-likeness (QED) is 0.157. The van der Waals surface area contributed by atoms with Crippen LogP contribution in [0, 0.1) is 0 Å². The molecule has 2 amide bonds. The number of carboxylic acid groups (broad SMARTS) is 1. The fraction of sp³-hybridized carbons (Fsp3) is 0.114. The molecule has 0 saturated carbocycles. The molecule has 3 N–H and O–H groups in total. The highest BCUT2D eigenvalue weighted by molar-refractivity contribution is 8.00. The van der Waals surface area contributed by atoms with Crippen LogP contribution in [0.3, 0.4) is 0 Å². The zero-order valence-corrected chi connectivity index (χ0v) is 24.4. The number of thioether (sulfide) groups is 1. The Kier molecular flexibility index (Phi) is 7.61. The molecule has 5 aromatic carbocycles. The minimum absolute atomic E-state index is 0.0719.